The average Bonchev–Trinajstić information content (AvgIpc) is 2.64. The highest BCUT2D eigenvalue weighted by Gasteiger charge is 2.48. The van der Waals surface area contributed by atoms with Gasteiger partial charge >= 0.3 is 63.7 Å². The predicted octanol–water partition coefficient (Wildman–Crippen LogP) is 8.72. The molecule has 0 aromatic heterocycles. The molecule has 0 aliphatic rings. The zero-order chi connectivity index (χ0) is 37.8. The molecule has 0 aliphatic heterocycles. The van der Waals surface area contributed by atoms with Crippen LogP contribution in [0.15, 0.2) is 0 Å². The van der Waals surface area contributed by atoms with E-state index in [1.807, 2.05) is 52.4 Å². The normalized spacial score (nSPS) is 14.0. The van der Waals surface area contributed by atoms with E-state index >= 15 is 0 Å². The van der Waals surface area contributed by atoms with Crippen LogP contribution in [0.3, 0.4) is 0 Å². The molecule has 0 radical (unpaired) electrons. The number of hydrogen-bond acceptors (Lipinski definition) is 8. The first-order chi connectivity index (χ1) is 19.8. The average molecular weight is 872 g/mol. The Hall–Kier alpha value is 1.50. The Kier molecular flexibility index (Phi) is 25.7. The van der Waals surface area contributed by atoms with Gasteiger partial charge in [0.15, 0.2) is 18.1 Å². The SMILES string of the molecule is C.C[SiH](C)Cl.C[SiH](C)O[Si](C)(C)O[Si](C)(CCC(F)(F)F)O[Si](C)(C)O[SiH](C)C.C[Si](C)(O)O[Si](C)(CCC(F)(F)F)O[Si](C)(C)O. The van der Waals surface area contributed by atoms with E-state index in [0.717, 1.165) is 0 Å². The quantitative estimate of drug-likeness (QED) is 0.0905. The van der Waals surface area contributed by atoms with Gasteiger partial charge in [-0.25, -0.2) is 0 Å². The molecule has 0 heterocycles. The second-order valence-corrected chi connectivity index (χ2v) is 44.9. The van der Waals surface area contributed by atoms with Crippen molar-refractivity contribution in [3.05, 3.63) is 0 Å². The van der Waals surface area contributed by atoms with Gasteiger partial charge in [-0.2, -0.15) is 37.4 Å². The van der Waals surface area contributed by atoms with Crippen LogP contribution in [0.5, 0.6) is 0 Å². The second-order valence-electron chi connectivity index (χ2n) is 13.9. The highest BCUT2D eigenvalue weighted by Crippen LogP contribution is 2.32. The Balaban J connectivity index is -0.000000356. The Morgan fingerprint density at radius 1 is 0.532 bits per heavy atom. The minimum Gasteiger partial charge on any atom is -0.440 e. The van der Waals surface area contributed by atoms with Crippen LogP contribution in [0.2, 0.25) is 117 Å². The van der Waals surface area contributed by atoms with E-state index < -0.39 is 103 Å². The lowest BCUT2D eigenvalue weighted by molar-refractivity contribution is -0.132. The minimum absolute atomic E-state index is 0. The first-order valence-corrected chi connectivity index (χ1v) is 41.2. The van der Waals surface area contributed by atoms with Crippen LogP contribution in [0, 0.1) is 0 Å². The zero-order valence-electron chi connectivity index (χ0n) is 30.6. The molecular formula is C23H65ClF6O8Si9. The van der Waals surface area contributed by atoms with Crippen LogP contribution in [-0.2, 0) is 24.7 Å². The summed E-state index contributed by atoms with van der Waals surface area (Å²) < 4.78 is 110. The fourth-order valence-electron chi connectivity index (χ4n) is 4.26. The molecule has 0 aromatic carbocycles. The number of alkyl halides is 6. The lowest BCUT2D eigenvalue weighted by Gasteiger charge is -2.41. The van der Waals surface area contributed by atoms with Crippen LogP contribution < -0.4 is 0 Å². The van der Waals surface area contributed by atoms with E-state index in [2.05, 4.69) is 13.1 Å². The van der Waals surface area contributed by atoms with Crippen LogP contribution in [0.4, 0.5) is 26.3 Å². The summed E-state index contributed by atoms with van der Waals surface area (Å²) >= 11 is 5.41. The lowest BCUT2D eigenvalue weighted by Crippen LogP contribution is -2.57. The first kappa shape index (κ1) is 55.3. The van der Waals surface area contributed by atoms with Gasteiger partial charge in [0.05, 0.1) is 0 Å². The maximum absolute atomic E-state index is 12.8. The molecule has 0 saturated carbocycles. The summed E-state index contributed by atoms with van der Waals surface area (Å²) in [4.78, 5) is 19.4. The largest absolute Gasteiger partial charge is 0.440 e. The van der Waals surface area contributed by atoms with Crippen molar-refractivity contribution in [2.75, 3.05) is 0 Å². The summed E-state index contributed by atoms with van der Waals surface area (Å²) in [6, 6.07) is -0.458. The standard InChI is InChI=1S/C12H33F3O4Si5.C8H21F3O4Si3.C2H7ClSi.CH4/c1-20(2)16-22(5,6)18-24(9,11-10-12(13,14)15)19-23(7,8)17-21(3)4;1-16(2,12)14-18(5,15-17(3,4)13)7-6-8(9,10)11;1-4(2)3;/h20-21H,10-11H2,1-9H3;12-13H,6-7H2,1-5H3;4H,1-2H3;1H4. The third-order valence-electron chi connectivity index (χ3n) is 4.62. The molecule has 47 heavy (non-hydrogen) atoms. The fourth-order valence-corrected chi connectivity index (χ4v) is 35.6. The van der Waals surface area contributed by atoms with Crippen molar-refractivity contribution in [1.29, 1.82) is 0 Å². The van der Waals surface area contributed by atoms with Crippen molar-refractivity contribution in [3.63, 3.8) is 0 Å². The topological polar surface area (TPSA) is 95.8 Å². The summed E-state index contributed by atoms with van der Waals surface area (Å²) in [5.74, 6) is 0. The van der Waals surface area contributed by atoms with Crippen LogP contribution in [0.1, 0.15) is 20.3 Å². The van der Waals surface area contributed by atoms with Crippen LogP contribution in [0.25, 0.3) is 0 Å². The molecule has 0 aromatic rings. The van der Waals surface area contributed by atoms with Crippen molar-refractivity contribution >= 4 is 88.6 Å². The van der Waals surface area contributed by atoms with E-state index in [0.29, 0.717) is 0 Å². The molecule has 0 spiro atoms. The number of halogens is 7. The van der Waals surface area contributed by atoms with Gasteiger partial charge in [-0.15, -0.1) is 0 Å². The Bertz CT molecular complexity index is 803. The molecule has 290 valence electrons. The Morgan fingerprint density at radius 2 is 0.745 bits per heavy atom. The van der Waals surface area contributed by atoms with Crippen molar-refractivity contribution in [3.8, 4) is 0 Å². The third kappa shape index (κ3) is 40.1. The van der Waals surface area contributed by atoms with E-state index in [-0.39, 0.29) is 19.5 Å². The van der Waals surface area contributed by atoms with Crippen molar-refractivity contribution < 1.29 is 60.6 Å². The van der Waals surface area contributed by atoms with Gasteiger partial charge in [-0.1, -0.05) is 20.5 Å². The summed E-state index contributed by atoms with van der Waals surface area (Å²) in [6.45, 7) is 28.8. The Morgan fingerprint density at radius 3 is 0.915 bits per heavy atom. The fraction of sp³-hybridized carbons (Fsp3) is 1.00. The van der Waals surface area contributed by atoms with E-state index in [4.69, 9.17) is 35.8 Å². The van der Waals surface area contributed by atoms with Gasteiger partial charge in [-0.05, 0) is 104 Å². The molecule has 0 fully saturated rings. The molecule has 8 nitrogen and oxygen atoms in total. The van der Waals surface area contributed by atoms with E-state index in [1.54, 1.807) is 6.55 Å². The lowest BCUT2D eigenvalue weighted by atomic mass is 10.5. The first-order valence-electron chi connectivity index (χ1n) is 15.2. The molecule has 2 N–H and O–H groups in total. The molecule has 0 aliphatic carbocycles. The van der Waals surface area contributed by atoms with Gasteiger partial charge in [0, 0.05) is 12.8 Å². The van der Waals surface area contributed by atoms with Gasteiger partial charge in [0.25, 0.3) is 0 Å². The van der Waals surface area contributed by atoms with Gasteiger partial charge in [0.2, 0.25) is 0 Å². The summed E-state index contributed by atoms with van der Waals surface area (Å²) in [7, 11) is -20.7. The molecule has 0 bridgehead atoms. The summed E-state index contributed by atoms with van der Waals surface area (Å²) in [5, 5.41) is 0. The van der Waals surface area contributed by atoms with Gasteiger partial charge in [0.1, 0.15) is 8.11 Å². The van der Waals surface area contributed by atoms with Crippen molar-refractivity contribution in [2.24, 2.45) is 0 Å². The second kappa shape index (κ2) is 21.9. The third-order valence-corrected chi connectivity index (χ3v) is 30.1. The summed E-state index contributed by atoms with van der Waals surface area (Å²) in [6.07, 6.45) is -10.5. The molecule has 0 atom stereocenters. The Labute approximate surface area is 297 Å². The molecule has 0 saturated heterocycles. The maximum atomic E-state index is 12.8. The maximum Gasteiger partial charge on any atom is 0.389 e. The number of rotatable bonds is 16. The van der Waals surface area contributed by atoms with Gasteiger partial charge < -0.3 is 34.3 Å². The smallest absolute Gasteiger partial charge is 0.389 e. The monoisotopic (exact) mass is 870 g/mol. The summed E-state index contributed by atoms with van der Waals surface area (Å²) in [5.41, 5.74) is 0. The molecule has 24 heteroatoms. The predicted molar refractivity (Wildman–Crippen MR) is 204 cm³/mol. The van der Waals surface area contributed by atoms with Crippen LogP contribution >= 0.6 is 11.1 Å². The number of hydrogen-bond donors (Lipinski definition) is 2. The molecule has 0 unspecified atom stereocenters. The molecule has 0 amide bonds. The zero-order valence-corrected chi connectivity index (χ0v) is 40.8. The highest BCUT2D eigenvalue weighted by molar-refractivity contribution is 7.05. The van der Waals surface area contributed by atoms with Gasteiger partial charge in [-0.3, -0.25) is 0 Å². The van der Waals surface area contributed by atoms with Crippen molar-refractivity contribution in [1.82, 2.24) is 0 Å². The van der Waals surface area contributed by atoms with Crippen molar-refractivity contribution in [2.45, 2.75) is 149 Å². The minimum atomic E-state index is -4.30. The van der Waals surface area contributed by atoms with Crippen LogP contribution in [-0.4, -0.2) is 99.5 Å². The highest BCUT2D eigenvalue weighted by atomic mass is 35.6. The van der Waals surface area contributed by atoms with E-state index in [1.165, 1.54) is 32.7 Å². The molecular weight excluding hydrogens is 806 g/mol. The molecule has 0 rings (SSSR count). The van der Waals surface area contributed by atoms with E-state index in [9.17, 15) is 35.9 Å².